The second-order valence-electron chi connectivity index (χ2n) is 6.61. The van der Waals surface area contributed by atoms with E-state index in [9.17, 15) is 14.7 Å². The molecule has 1 aliphatic rings. The van der Waals surface area contributed by atoms with Gasteiger partial charge < -0.3 is 15.2 Å². The third-order valence-electron chi connectivity index (χ3n) is 4.73. The molecule has 7 heteroatoms. The Morgan fingerprint density at radius 1 is 1.07 bits per heavy atom. The molecule has 1 saturated heterocycles. The molecular weight excluding hydrogens is 380 g/mol. The molecule has 1 heterocycles. The number of amides is 1. The maximum atomic E-state index is 12.3. The quantitative estimate of drug-likeness (QED) is 0.707. The van der Waals surface area contributed by atoms with Gasteiger partial charge in [-0.25, -0.2) is 0 Å². The molecule has 0 bridgehead atoms. The lowest BCUT2D eigenvalue weighted by atomic mass is 10.1. The molecule has 0 saturated carbocycles. The van der Waals surface area contributed by atoms with Crippen LogP contribution in [-0.2, 0) is 22.7 Å². The predicted molar refractivity (Wildman–Crippen MR) is 109 cm³/mol. The number of carbonyl (C=O) groups is 2. The van der Waals surface area contributed by atoms with Gasteiger partial charge in [-0.15, -0.1) is 12.4 Å². The standard InChI is InChI=1S/C21H24N2O4.ClH/c24-20(14-23-12-6-11-19(23)21(25)26)22-13-16-7-4-5-8-17(16)15-27-18-9-2-1-3-10-18;/h1-5,7-10,19H,6,11-15H2,(H,22,24)(H,25,26);1H/t19-;/m1./s1. The second kappa shape index (κ2) is 10.7. The smallest absolute Gasteiger partial charge is 0.320 e. The highest BCUT2D eigenvalue weighted by Gasteiger charge is 2.31. The molecule has 2 aromatic carbocycles. The van der Waals surface area contributed by atoms with E-state index >= 15 is 0 Å². The third kappa shape index (κ3) is 5.97. The van der Waals surface area contributed by atoms with Crippen LogP contribution in [0.1, 0.15) is 24.0 Å². The van der Waals surface area contributed by atoms with Crippen molar-refractivity contribution < 1.29 is 19.4 Å². The first-order chi connectivity index (χ1) is 13.1. The number of halogens is 1. The van der Waals surface area contributed by atoms with E-state index in [1.807, 2.05) is 54.6 Å². The first-order valence-corrected chi connectivity index (χ1v) is 9.11. The van der Waals surface area contributed by atoms with Gasteiger partial charge in [0.25, 0.3) is 0 Å². The Morgan fingerprint density at radius 3 is 2.46 bits per heavy atom. The number of nitrogens with one attached hydrogen (secondary N) is 1. The number of carboxylic acids is 1. The number of rotatable bonds is 8. The van der Waals surface area contributed by atoms with Crippen molar-refractivity contribution in [2.75, 3.05) is 13.1 Å². The molecule has 28 heavy (non-hydrogen) atoms. The van der Waals surface area contributed by atoms with Crippen molar-refractivity contribution in [2.24, 2.45) is 0 Å². The summed E-state index contributed by atoms with van der Waals surface area (Å²) in [6.07, 6.45) is 1.41. The van der Waals surface area contributed by atoms with Gasteiger partial charge in [0.15, 0.2) is 0 Å². The average molecular weight is 405 g/mol. The van der Waals surface area contributed by atoms with Gasteiger partial charge in [0, 0.05) is 6.54 Å². The summed E-state index contributed by atoms with van der Waals surface area (Å²) in [6, 6.07) is 16.8. The maximum absolute atomic E-state index is 12.3. The van der Waals surface area contributed by atoms with Gasteiger partial charge in [0.2, 0.25) is 5.91 Å². The van der Waals surface area contributed by atoms with Crippen LogP contribution in [0.3, 0.4) is 0 Å². The van der Waals surface area contributed by atoms with Crippen molar-refractivity contribution in [3.05, 3.63) is 65.7 Å². The molecular formula is C21H25ClN2O4. The molecule has 2 N–H and O–H groups in total. The van der Waals surface area contributed by atoms with E-state index in [0.717, 1.165) is 23.3 Å². The van der Waals surface area contributed by atoms with Crippen molar-refractivity contribution in [1.29, 1.82) is 0 Å². The van der Waals surface area contributed by atoms with Crippen molar-refractivity contribution in [3.63, 3.8) is 0 Å². The largest absolute Gasteiger partial charge is 0.489 e. The van der Waals surface area contributed by atoms with Gasteiger partial charge in [-0.05, 0) is 42.6 Å². The zero-order valence-electron chi connectivity index (χ0n) is 15.5. The van der Waals surface area contributed by atoms with Crippen LogP contribution in [0.2, 0.25) is 0 Å². The van der Waals surface area contributed by atoms with E-state index in [1.54, 1.807) is 4.90 Å². The summed E-state index contributed by atoms with van der Waals surface area (Å²) >= 11 is 0. The topological polar surface area (TPSA) is 78.9 Å². The lowest BCUT2D eigenvalue weighted by Crippen LogP contribution is -2.42. The Hall–Kier alpha value is -2.57. The predicted octanol–water partition coefficient (Wildman–Crippen LogP) is 2.85. The van der Waals surface area contributed by atoms with E-state index in [2.05, 4.69) is 5.32 Å². The van der Waals surface area contributed by atoms with Crippen LogP contribution < -0.4 is 10.1 Å². The monoisotopic (exact) mass is 404 g/mol. The highest BCUT2D eigenvalue weighted by molar-refractivity contribution is 5.85. The minimum atomic E-state index is -0.858. The molecule has 0 spiro atoms. The Kier molecular flexibility index (Phi) is 8.29. The van der Waals surface area contributed by atoms with Crippen molar-refractivity contribution in [1.82, 2.24) is 10.2 Å². The summed E-state index contributed by atoms with van der Waals surface area (Å²) < 4.78 is 5.80. The number of para-hydroxylation sites is 1. The molecule has 0 aromatic heterocycles. The van der Waals surface area contributed by atoms with E-state index in [-0.39, 0.29) is 24.9 Å². The van der Waals surface area contributed by atoms with Crippen LogP contribution in [0.25, 0.3) is 0 Å². The number of carboxylic acid groups (broad SMARTS) is 1. The first kappa shape index (κ1) is 21.7. The van der Waals surface area contributed by atoms with E-state index in [1.165, 1.54) is 0 Å². The molecule has 1 amide bonds. The van der Waals surface area contributed by atoms with Gasteiger partial charge in [-0.1, -0.05) is 42.5 Å². The van der Waals surface area contributed by atoms with Crippen molar-refractivity contribution in [2.45, 2.75) is 32.0 Å². The summed E-state index contributed by atoms with van der Waals surface area (Å²) in [5.41, 5.74) is 1.99. The van der Waals surface area contributed by atoms with Gasteiger partial charge >= 0.3 is 5.97 Å². The molecule has 3 rings (SSSR count). The fraction of sp³-hybridized carbons (Fsp3) is 0.333. The molecule has 1 aliphatic heterocycles. The zero-order chi connectivity index (χ0) is 19.1. The third-order valence-corrected chi connectivity index (χ3v) is 4.73. The van der Waals surface area contributed by atoms with Crippen LogP contribution in [0.4, 0.5) is 0 Å². The van der Waals surface area contributed by atoms with Crippen LogP contribution in [0.5, 0.6) is 5.75 Å². The lowest BCUT2D eigenvalue weighted by molar-refractivity contribution is -0.142. The van der Waals surface area contributed by atoms with Crippen molar-refractivity contribution in [3.8, 4) is 5.75 Å². The number of hydrogen-bond donors (Lipinski definition) is 2. The molecule has 0 aliphatic carbocycles. The molecule has 0 unspecified atom stereocenters. The molecule has 1 fully saturated rings. The van der Waals surface area contributed by atoms with E-state index < -0.39 is 12.0 Å². The average Bonchev–Trinajstić information content (AvgIpc) is 3.14. The Bertz CT molecular complexity index is 785. The maximum Gasteiger partial charge on any atom is 0.320 e. The van der Waals surface area contributed by atoms with Crippen LogP contribution in [0.15, 0.2) is 54.6 Å². The second-order valence-corrected chi connectivity index (χ2v) is 6.61. The molecule has 2 aromatic rings. The summed E-state index contributed by atoms with van der Waals surface area (Å²) in [4.78, 5) is 25.2. The number of likely N-dealkylation sites (tertiary alicyclic amines) is 1. The Labute approximate surface area is 170 Å². The van der Waals surface area contributed by atoms with Crippen molar-refractivity contribution >= 4 is 24.3 Å². The van der Waals surface area contributed by atoms with Crippen LogP contribution in [-0.4, -0.2) is 41.0 Å². The normalized spacial score (nSPS) is 16.2. The lowest BCUT2D eigenvalue weighted by Gasteiger charge is -2.20. The van der Waals surface area contributed by atoms with Crippen LogP contribution in [0, 0.1) is 0 Å². The fourth-order valence-electron chi connectivity index (χ4n) is 3.28. The highest BCUT2D eigenvalue weighted by Crippen LogP contribution is 2.17. The zero-order valence-corrected chi connectivity index (χ0v) is 16.4. The Balaban J connectivity index is 0.00000280. The van der Waals surface area contributed by atoms with Gasteiger partial charge in [0.1, 0.15) is 18.4 Å². The summed E-state index contributed by atoms with van der Waals surface area (Å²) in [5, 5.41) is 12.1. The van der Waals surface area contributed by atoms with Gasteiger partial charge in [-0.3, -0.25) is 14.5 Å². The molecule has 6 nitrogen and oxygen atoms in total. The minimum absolute atomic E-state index is 0. The highest BCUT2D eigenvalue weighted by atomic mass is 35.5. The Morgan fingerprint density at radius 2 is 1.75 bits per heavy atom. The summed E-state index contributed by atoms with van der Waals surface area (Å²) in [6.45, 7) is 1.56. The number of carbonyl (C=O) groups excluding carboxylic acids is 1. The van der Waals surface area contributed by atoms with E-state index in [4.69, 9.17) is 4.74 Å². The van der Waals surface area contributed by atoms with Crippen LogP contribution >= 0.6 is 12.4 Å². The number of benzene rings is 2. The van der Waals surface area contributed by atoms with Gasteiger partial charge in [0.05, 0.1) is 6.54 Å². The number of aliphatic carboxylic acids is 1. The van der Waals surface area contributed by atoms with E-state index in [0.29, 0.717) is 26.1 Å². The summed E-state index contributed by atoms with van der Waals surface area (Å²) in [5.74, 6) is -0.226. The first-order valence-electron chi connectivity index (χ1n) is 9.11. The summed E-state index contributed by atoms with van der Waals surface area (Å²) in [7, 11) is 0. The number of hydrogen-bond acceptors (Lipinski definition) is 4. The van der Waals surface area contributed by atoms with Gasteiger partial charge in [-0.2, -0.15) is 0 Å². The molecule has 150 valence electrons. The minimum Gasteiger partial charge on any atom is -0.489 e. The number of nitrogens with zero attached hydrogens (tertiary/aromatic N) is 1. The SMILES string of the molecule is Cl.O=C(CN1CCC[C@@H]1C(=O)O)NCc1ccccc1COc1ccccc1. The number of ether oxygens (including phenoxy) is 1. The molecule has 0 radical (unpaired) electrons. The molecule has 1 atom stereocenters. The fourth-order valence-corrected chi connectivity index (χ4v) is 3.28.